The summed E-state index contributed by atoms with van der Waals surface area (Å²) < 4.78 is 11.1. The van der Waals surface area contributed by atoms with E-state index in [1.807, 2.05) is 38.1 Å². The minimum absolute atomic E-state index is 0.664. The molecule has 0 radical (unpaired) electrons. The highest BCUT2D eigenvalue weighted by Crippen LogP contribution is 2.26. The van der Waals surface area contributed by atoms with Gasteiger partial charge in [0.1, 0.15) is 17.3 Å². The van der Waals surface area contributed by atoms with Crippen molar-refractivity contribution >= 4 is 5.69 Å². The number of anilines is 1. The third kappa shape index (κ3) is 3.06. The lowest BCUT2D eigenvalue weighted by Crippen LogP contribution is -2.02. The molecule has 0 saturated carbocycles. The van der Waals surface area contributed by atoms with E-state index in [1.165, 1.54) is 5.56 Å². The van der Waals surface area contributed by atoms with E-state index in [-0.39, 0.29) is 0 Å². The molecule has 1 aromatic carbocycles. The molecule has 3 heteroatoms. The van der Waals surface area contributed by atoms with Crippen molar-refractivity contribution in [1.29, 1.82) is 0 Å². The number of rotatable bonds is 5. The highest BCUT2D eigenvalue weighted by molar-refractivity contribution is 5.57. The van der Waals surface area contributed by atoms with Crippen molar-refractivity contribution in [1.82, 2.24) is 0 Å². The number of furan rings is 1. The van der Waals surface area contributed by atoms with Crippen LogP contribution in [0.25, 0.3) is 0 Å². The van der Waals surface area contributed by atoms with Crippen molar-refractivity contribution in [2.75, 3.05) is 11.9 Å². The predicted molar refractivity (Wildman–Crippen MR) is 73.1 cm³/mol. The molecular weight excluding hydrogens is 226 g/mol. The first-order valence-corrected chi connectivity index (χ1v) is 6.21. The van der Waals surface area contributed by atoms with Gasteiger partial charge in [-0.2, -0.15) is 0 Å². The minimum atomic E-state index is 0.664. The number of benzene rings is 1. The van der Waals surface area contributed by atoms with Gasteiger partial charge in [-0.05, 0) is 50.6 Å². The number of hydrogen-bond acceptors (Lipinski definition) is 3. The standard InChI is InChI=1S/C15H19NO2/c1-4-17-15-9-11(2)5-8-14(15)16-10-13-7-6-12(3)18-13/h5-9,16H,4,10H2,1-3H3. The summed E-state index contributed by atoms with van der Waals surface area (Å²) in [5, 5.41) is 3.34. The van der Waals surface area contributed by atoms with Gasteiger partial charge in [-0.25, -0.2) is 0 Å². The molecule has 0 amide bonds. The lowest BCUT2D eigenvalue weighted by molar-refractivity contribution is 0.341. The number of ether oxygens (including phenoxy) is 1. The second-order valence-corrected chi connectivity index (χ2v) is 4.30. The first-order chi connectivity index (χ1) is 8.69. The number of aryl methyl sites for hydroxylation is 2. The Morgan fingerprint density at radius 1 is 1.17 bits per heavy atom. The van der Waals surface area contributed by atoms with E-state index in [2.05, 4.69) is 18.3 Å². The smallest absolute Gasteiger partial charge is 0.142 e. The van der Waals surface area contributed by atoms with Gasteiger partial charge in [0.15, 0.2) is 0 Å². The Morgan fingerprint density at radius 3 is 2.67 bits per heavy atom. The molecule has 2 aromatic rings. The zero-order valence-electron chi connectivity index (χ0n) is 11.1. The molecule has 0 unspecified atom stereocenters. The van der Waals surface area contributed by atoms with Crippen molar-refractivity contribution in [2.24, 2.45) is 0 Å². The van der Waals surface area contributed by atoms with E-state index in [0.717, 1.165) is 23.0 Å². The molecule has 96 valence electrons. The van der Waals surface area contributed by atoms with E-state index in [9.17, 15) is 0 Å². The molecule has 18 heavy (non-hydrogen) atoms. The summed E-state index contributed by atoms with van der Waals surface area (Å²) in [7, 11) is 0. The molecule has 0 bridgehead atoms. The lowest BCUT2D eigenvalue weighted by Gasteiger charge is -2.12. The highest BCUT2D eigenvalue weighted by Gasteiger charge is 2.05. The maximum absolute atomic E-state index is 5.62. The van der Waals surface area contributed by atoms with Gasteiger partial charge in [0, 0.05) is 0 Å². The molecular formula is C15H19NO2. The normalized spacial score (nSPS) is 10.4. The molecule has 2 rings (SSSR count). The summed E-state index contributed by atoms with van der Waals surface area (Å²) in [5.74, 6) is 2.75. The van der Waals surface area contributed by atoms with Crippen molar-refractivity contribution in [2.45, 2.75) is 27.3 Å². The monoisotopic (exact) mass is 245 g/mol. The largest absolute Gasteiger partial charge is 0.492 e. The summed E-state index contributed by atoms with van der Waals surface area (Å²) in [6.07, 6.45) is 0. The average molecular weight is 245 g/mol. The van der Waals surface area contributed by atoms with E-state index in [1.54, 1.807) is 0 Å². The van der Waals surface area contributed by atoms with E-state index in [0.29, 0.717) is 13.2 Å². The summed E-state index contributed by atoms with van der Waals surface area (Å²) in [4.78, 5) is 0. The zero-order chi connectivity index (χ0) is 13.0. The second kappa shape index (κ2) is 5.63. The second-order valence-electron chi connectivity index (χ2n) is 4.30. The third-order valence-corrected chi connectivity index (χ3v) is 2.69. The average Bonchev–Trinajstić information content (AvgIpc) is 2.75. The maximum Gasteiger partial charge on any atom is 0.142 e. The molecule has 0 fully saturated rings. The number of nitrogens with one attached hydrogen (secondary N) is 1. The minimum Gasteiger partial charge on any atom is -0.492 e. The first-order valence-electron chi connectivity index (χ1n) is 6.21. The predicted octanol–water partition coefficient (Wildman–Crippen LogP) is 3.91. The Morgan fingerprint density at radius 2 is 2.00 bits per heavy atom. The fourth-order valence-corrected chi connectivity index (χ4v) is 1.81. The van der Waals surface area contributed by atoms with Crippen LogP contribution in [0, 0.1) is 13.8 Å². The van der Waals surface area contributed by atoms with Crippen molar-refractivity contribution in [3.8, 4) is 5.75 Å². The molecule has 3 nitrogen and oxygen atoms in total. The van der Waals surface area contributed by atoms with Gasteiger partial charge in [0.05, 0.1) is 18.8 Å². The fraction of sp³-hybridized carbons (Fsp3) is 0.333. The Bertz CT molecular complexity index is 517. The van der Waals surface area contributed by atoms with Gasteiger partial charge in [-0.1, -0.05) is 6.07 Å². The zero-order valence-corrected chi connectivity index (χ0v) is 11.1. The van der Waals surface area contributed by atoms with Crippen LogP contribution in [0.5, 0.6) is 5.75 Å². The summed E-state index contributed by atoms with van der Waals surface area (Å²) in [5.41, 5.74) is 2.19. The fourth-order valence-electron chi connectivity index (χ4n) is 1.81. The lowest BCUT2D eigenvalue weighted by atomic mass is 10.2. The van der Waals surface area contributed by atoms with Gasteiger partial charge < -0.3 is 14.5 Å². The molecule has 0 aliphatic heterocycles. The third-order valence-electron chi connectivity index (χ3n) is 2.69. The Balaban J connectivity index is 2.08. The topological polar surface area (TPSA) is 34.4 Å². The Hall–Kier alpha value is -1.90. The van der Waals surface area contributed by atoms with E-state index < -0.39 is 0 Å². The van der Waals surface area contributed by atoms with Gasteiger partial charge in [-0.3, -0.25) is 0 Å². The van der Waals surface area contributed by atoms with Crippen molar-refractivity contribution < 1.29 is 9.15 Å². The molecule has 0 spiro atoms. The van der Waals surface area contributed by atoms with Crippen LogP contribution >= 0.6 is 0 Å². The molecule has 0 aliphatic rings. The SMILES string of the molecule is CCOc1cc(C)ccc1NCc1ccc(C)o1. The van der Waals surface area contributed by atoms with Crippen molar-refractivity contribution in [3.05, 3.63) is 47.4 Å². The van der Waals surface area contributed by atoms with Crippen LogP contribution in [0.15, 0.2) is 34.7 Å². The molecule has 0 aliphatic carbocycles. The van der Waals surface area contributed by atoms with Gasteiger partial charge in [0.25, 0.3) is 0 Å². The van der Waals surface area contributed by atoms with Crippen LogP contribution in [0.1, 0.15) is 24.0 Å². The van der Waals surface area contributed by atoms with Gasteiger partial charge in [0.2, 0.25) is 0 Å². The van der Waals surface area contributed by atoms with Gasteiger partial charge in [-0.15, -0.1) is 0 Å². The first kappa shape index (κ1) is 12.6. The summed E-state index contributed by atoms with van der Waals surface area (Å²) in [6.45, 7) is 7.32. The van der Waals surface area contributed by atoms with Crippen molar-refractivity contribution in [3.63, 3.8) is 0 Å². The maximum atomic E-state index is 5.62. The van der Waals surface area contributed by atoms with Crippen LogP contribution in [0.4, 0.5) is 5.69 Å². The quantitative estimate of drug-likeness (QED) is 0.867. The van der Waals surface area contributed by atoms with Crippen LogP contribution in [-0.2, 0) is 6.54 Å². The van der Waals surface area contributed by atoms with Gasteiger partial charge >= 0.3 is 0 Å². The van der Waals surface area contributed by atoms with Crippen LogP contribution < -0.4 is 10.1 Å². The molecule has 0 atom stereocenters. The Labute approximate surface area is 108 Å². The molecule has 1 aromatic heterocycles. The van der Waals surface area contributed by atoms with Crippen LogP contribution in [0.2, 0.25) is 0 Å². The molecule has 0 saturated heterocycles. The van der Waals surface area contributed by atoms with Crippen LogP contribution in [0.3, 0.4) is 0 Å². The molecule has 1 N–H and O–H groups in total. The Kier molecular flexibility index (Phi) is 3.92. The van der Waals surface area contributed by atoms with E-state index >= 15 is 0 Å². The number of hydrogen-bond donors (Lipinski definition) is 1. The van der Waals surface area contributed by atoms with E-state index in [4.69, 9.17) is 9.15 Å². The highest BCUT2D eigenvalue weighted by atomic mass is 16.5. The summed E-state index contributed by atoms with van der Waals surface area (Å²) in [6, 6.07) is 10.1. The van der Waals surface area contributed by atoms with Crippen LogP contribution in [-0.4, -0.2) is 6.61 Å². The molecule has 1 heterocycles. The summed E-state index contributed by atoms with van der Waals surface area (Å²) >= 11 is 0.